The Kier molecular flexibility index (Phi) is 2.06. The van der Waals surface area contributed by atoms with Crippen LogP contribution in [0.1, 0.15) is 4.88 Å². The van der Waals surface area contributed by atoms with Crippen LogP contribution in [0.4, 0.5) is 13.2 Å². The lowest BCUT2D eigenvalue weighted by Gasteiger charge is -2.05. The average molecular weight is 258 g/mol. The van der Waals surface area contributed by atoms with Gasteiger partial charge in [0.2, 0.25) is 0 Å². The van der Waals surface area contributed by atoms with E-state index in [-0.39, 0.29) is 5.56 Å². The van der Waals surface area contributed by atoms with Gasteiger partial charge in [-0.3, -0.25) is 0 Å². The summed E-state index contributed by atoms with van der Waals surface area (Å²) in [5, 5.41) is 4.95. The molecule has 3 nitrogen and oxygen atoms in total. The topological polar surface area (TPSA) is 41.8 Å². The highest BCUT2D eigenvalue weighted by Gasteiger charge is 2.36. The summed E-state index contributed by atoms with van der Waals surface area (Å²) in [6.07, 6.45) is -1.43. The minimum Gasteiger partial charge on any atom is -0.356 e. The molecule has 1 N–H and O–H groups in total. The summed E-state index contributed by atoms with van der Waals surface area (Å²) in [5.41, 5.74) is 1.42. The van der Waals surface area contributed by atoms with Crippen molar-refractivity contribution in [1.82, 2.24) is 10.1 Å². The maximum atomic E-state index is 12.8. The molecule has 17 heavy (non-hydrogen) atoms. The van der Waals surface area contributed by atoms with Gasteiger partial charge < -0.3 is 9.51 Å². The number of halogens is 3. The molecular formula is C10H5F3N2OS. The maximum absolute atomic E-state index is 12.8. The fourth-order valence-electron chi connectivity index (χ4n) is 1.69. The van der Waals surface area contributed by atoms with Gasteiger partial charge in [0, 0.05) is 17.3 Å². The van der Waals surface area contributed by atoms with E-state index < -0.39 is 11.1 Å². The van der Waals surface area contributed by atoms with Gasteiger partial charge in [0.15, 0.2) is 5.58 Å². The monoisotopic (exact) mass is 258 g/mol. The Morgan fingerprint density at radius 3 is 2.88 bits per heavy atom. The summed E-state index contributed by atoms with van der Waals surface area (Å²) >= 11 is 0.665. The normalized spacial score (nSPS) is 12.4. The Morgan fingerprint density at radius 1 is 1.29 bits per heavy atom. The van der Waals surface area contributed by atoms with Crippen LogP contribution >= 0.6 is 11.3 Å². The third-order valence-corrected chi connectivity index (χ3v) is 3.36. The third kappa shape index (κ3) is 1.54. The summed E-state index contributed by atoms with van der Waals surface area (Å²) < 4.78 is 43.2. The van der Waals surface area contributed by atoms with Gasteiger partial charge in [-0.15, -0.1) is 11.3 Å². The van der Waals surface area contributed by atoms with E-state index in [0.717, 1.165) is 0 Å². The standard InChI is InChI=1S/C10H5F3N2OS/c11-10(12,13)9-5(1-2-17-9)6-3-14-7-4-15-16-8(6)7/h1-4,14H. The molecule has 7 heteroatoms. The lowest BCUT2D eigenvalue weighted by molar-refractivity contribution is -0.133. The van der Waals surface area contributed by atoms with Crippen molar-refractivity contribution >= 4 is 22.4 Å². The second-order valence-electron chi connectivity index (χ2n) is 3.43. The molecule has 0 aliphatic heterocycles. The highest BCUT2D eigenvalue weighted by molar-refractivity contribution is 7.10. The first-order chi connectivity index (χ1) is 8.07. The van der Waals surface area contributed by atoms with Gasteiger partial charge in [0.25, 0.3) is 0 Å². The molecular weight excluding hydrogens is 253 g/mol. The highest BCUT2D eigenvalue weighted by atomic mass is 32.1. The number of H-pyrrole nitrogens is 1. The molecule has 0 radical (unpaired) electrons. The van der Waals surface area contributed by atoms with Crippen LogP contribution < -0.4 is 0 Å². The summed E-state index contributed by atoms with van der Waals surface area (Å²) in [6.45, 7) is 0. The van der Waals surface area contributed by atoms with E-state index >= 15 is 0 Å². The van der Waals surface area contributed by atoms with Crippen molar-refractivity contribution < 1.29 is 17.7 Å². The van der Waals surface area contributed by atoms with E-state index in [4.69, 9.17) is 4.52 Å². The molecule has 0 bridgehead atoms. The van der Waals surface area contributed by atoms with Gasteiger partial charge in [0.1, 0.15) is 10.4 Å². The number of hydrogen-bond acceptors (Lipinski definition) is 3. The second kappa shape index (κ2) is 3.36. The van der Waals surface area contributed by atoms with Gasteiger partial charge in [-0.1, -0.05) is 5.16 Å². The number of fused-ring (bicyclic) bond motifs is 1. The van der Waals surface area contributed by atoms with Gasteiger partial charge in [0.05, 0.1) is 6.20 Å². The minimum absolute atomic E-state index is 0.116. The number of rotatable bonds is 1. The molecule has 0 unspecified atom stereocenters. The molecule has 3 heterocycles. The zero-order chi connectivity index (χ0) is 12.0. The Balaban J connectivity index is 2.24. The molecule has 88 valence electrons. The molecule has 0 amide bonds. The zero-order valence-corrected chi connectivity index (χ0v) is 9.02. The van der Waals surface area contributed by atoms with Crippen LogP contribution in [0.15, 0.2) is 28.4 Å². The maximum Gasteiger partial charge on any atom is 0.426 e. The van der Waals surface area contributed by atoms with Crippen LogP contribution in [0.5, 0.6) is 0 Å². The van der Waals surface area contributed by atoms with Crippen LogP contribution in [0.2, 0.25) is 0 Å². The number of aromatic amines is 1. The highest BCUT2D eigenvalue weighted by Crippen LogP contribution is 2.42. The molecule has 0 saturated heterocycles. The SMILES string of the molecule is FC(F)(F)c1sccc1-c1c[nH]c2cnoc12. The van der Waals surface area contributed by atoms with Crippen LogP contribution in [0, 0.1) is 0 Å². The molecule has 0 atom stereocenters. The number of aromatic nitrogens is 2. The minimum atomic E-state index is -4.35. The summed E-state index contributed by atoms with van der Waals surface area (Å²) in [6, 6.07) is 1.43. The number of thiophene rings is 1. The van der Waals surface area contributed by atoms with E-state index in [2.05, 4.69) is 10.1 Å². The largest absolute Gasteiger partial charge is 0.426 e. The van der Waals surface area contributed by atoms with Crippen molar-refractivity contribution in [3.8, 4) is 11.1 Å². The molecule has 3 aromatic rings. The second-order valence-corrected chi connectivity index (χ2v) is 4.35. The smallest absolute Gasteiger partial charge is 0.356 e. The van der Waals surface area contributed by atoms with Crippen molar-refractivity contribution in [2.45, 2.75) is 6.18 Å². The Bertz CT molecular complexity index is 664. The van der Waals surface area contributed by atoms with Gasteiger partial charge in [-0.2, -0.15) is 13.2 Å². The Labute approximate surface area is 96.8 Å². The molecule has 0 aromatic carbocycles. The van der Waals surface area contributed by atoms with E-state index in [1.807, 2.05) is 0 Å². The van der Waals surface area contributed by atoms with Crippen LogP contribution in [-0.4, -0.2) is 10.1 Å². The van der Waals surface area contributed by atoms with Crippen molar-refractivity contribution in [2.24, 2.45) is 0 Å². The number of nitrogens with zero attached hydrogens (tertiary/aromatic N) is 1. The Morgan fingerprint density at radius 2 is 2.12 bits per heavy atom. The third-order valence-electron chi connectivity index (χ3n) is 2.40. The fourth-order valence-corrected chi connectivity index (χ4v) is 2.47. The van der Waals surface area contributed by atoms with Gasteiger partial charge in [-0.25, -0.2) is 0 Å². The molecule has 0 fully saturated rings. The molecule has 0 aliphatic carbocycles. The molecule has 0 spiro atoms. The van der Waals surface area contributed by atoms with Crippen LogP contribution in [-0.2, 0) is 6.18 Å². The molecule has 3 rings (SSSR count). The van der Waals surface area contributed by atoms with Crippen molar-refractivity contribution in [2.75, 3.05) is 0 Å². The van der Waals surface area contributed by atoms with Crippen LogP contribution in [0.3, 0.4) is 0 Å². The number of nitrogens with one attached hydrogen (secondary N) is 1. The molecule has 0 saturated carbocycles. The summed E-state index contributed by atoms with van der Waals surface area (Å²) in [4.78, 5) is 2.19. The average Bonchev–Trinajstić information content (AvgIpc) is 2.90. The van der Waals surface area contributed by atoms with Crippen LogP contribution in [0.25, 0.3) is 22.2 Å². The predicted octanol–water partition coefficient (Wildman–Crippen LogP) is 3.90. The fraction of sp³-hybridized carbons (Fsp3) is 0.100. The van der Waals surface area contributed by atoms with E-state index in [0.29, 0.717) is 28.0 Å². The summed E-state index contributed by atoms with van der Waals surface area (Å²) in [5.74, 6) is 0. The van der Waals surface area contributed by atoms with E-state index in [1.165, 1.54) is 23.8 Å². The van der Waals surface area contributed by atoms with Gasteiger partial charge >= 0.3 is 6.18 Å². The lowest BCUT2D eigenvalue weighted by Crippen LogP contribution is -2.03. The predicted molar refractivity (Wildman–Crippen MR) is 56.7 cm³/mol. The molecule has 3 aromatic heterocycles. The lowest BCUT2D eigenvalue weighted by atomic mass is 10.1. The van der Waals surface area contributed by atoms with E-state index in [9.17, 15) is 13.2 Å². The van der Waals surface area contributed by atoms with Gasteiger partial charge in [-0.05, 0) is 11.4 Å². The number of hydrogen-bond donors (Lipinski definition) is 1. The first kappa shape index (κ1) is 10.4. The van der Waals surface area contributed by atoms with E-state index in [1.54, 1.807) is 0 Å². The zero-order valence-electron chi connectivity index (χ0n) is 8.21. The van der Waals surface area contributed by atoms with Crippen molar-refractivity contribution in [1.29, 1.82) is 0 Å². The van der Waals surface area contributed by atoms with Crippen molar-refractivity contribution in [3.63, 3.8) is 0 Å². The Hall–Kier alpha value is -1.76. The van der Waals surface area contributed by atoms with Crippen molar-refractivity contribution in [3.05, 3.63) is 28.7 Å². The number of alkyl halides is 3. The summed E-state index contributed by atoms with van der Waals surface area (Å²) in [7, 11) is 0. The quantitative estimate of drug-likeness (QED) is 0.719. The molecule has 0 aliphatic rings. The first-order valence-electron chi connectivity index (χ1n) is 4.64. The first-order valence-corrected chi connectivity index (χ1v) is 5.52.